The molecule has 1 aliphatic rings. The molecule has 3 rings (SSSR count). The van der Waals surface area contributed by atoms with Crippen molar-refractivity contribution in [3.8, 4) is 17.2 Å². The number of methoxy groups -OCH3 is 1. The minimum absolute atomic E-state index is 0.307. The molecule has 0 fully saturated rings. The molecule has 0 spiro atoms. The summed E-state index contributed by atoms with van der Waals surface area (Å²) in [6.07, 6.45) is -1.22. The molecule has 0 radical (unpaired) electrons. The van der Waals surface area contributed by atoms with Gasteiger partial charge in [-0.05, 0) is 45.8 Å². The summed E-state index contributed by atoms with van der Waals surface area (Å²) >= 11 is 3.42. The monoisotopic (exact) mass is 350 g/mol. The first kappa shape index (κ1) is 14.2. The minimum Gasteiger partial charge on any atom is -0.496 e. The number of aliphatic hydroxyl groups excluding tert-OH is 1. The van der Waals surface area contributed by atoms with Crippen LogP contribution in [0.1, 0.15) is 11.7 Å². The van der Waals surface area contributed by atoms with Crippen LogP contribution in [0.25, 0.3) is 0 Å². The molecule has 0 bridgehead atoms. The van der Waals surface area contributed by atoms with Crippen molar-refractivity contribution in [3.63, 3.8) is 0 Å². The van der Waals surface area contributed by atoms with Crippen molar-refractivity contribution in [2.24, 2.45) is 0 Å². The number of rotatable bonds is 3. The third kappa shape index (κ3) is 2.84. The summed E-state index contributed by atoms with van der Waals surface area (Å²) in [6.45, 7) is 0.307. The molecule has 2 aromatic carbocycles. The van der Waals surface area contributed by atoms with Crippen LogP contribution in [-0.2, 0) is 0 Å². The summed E-state index contributed by atoms with van der Waals surface area (Å²) in [5, 5.41) is 10.5. The number of halogens is 1. The van der Waals surface area contributed by atoms with Crippen LogP contribution < -0.4 is 14.2 Å². The molecule has 0 aromatic heterocycles. The number of para-hydroxylation sites is 2. The highest BCUT2D eigenvalue weighted by molar-refractivity contribution is 9.10. The molecular weight excluding hydrogens is 336 g/mol. The van der Waals surface area contributed by atoms with E-state index in [1.165, 1.54) is 0 Å². The standard InChI is InChI=1S/C16H15BrO4/c1-19-12-7-6-10(8-11(12)17)16(18)15-9-20-13-4-2-3-5-14(13)21-15/h2-8,15-16,18H,9H2,1H3. The molecule has 1 N–H and O–H groups in total. The van der Waals surface area contributed by atoms with E-state index >= 15 is 0 Å². The Morgan fingerprint density at radius 3 is 2.71 bits per heavy atom. The molecule has 1 heterocycles. The van der Waals surface area contributed by atoms with Gasteiger partial charge in [0.05, 0.1) is 11.6 Å². The molecule has 21 heavy (non-hydrogen) atoms. The second-order valence-corrected chi connectivity index (χ2v) is 5.61. The van der Waals surface area contributed by atoms with E-state index in [-0.39, 0.29) is 0 Å². The molecule has 0 amide bonds. The van der Waals surface area contributed by atoms with Crippen molar-refractivity contribution in [1.29, 1.82) is 0 Å². The van der Waals surface area contributed by atoms with Gasteiger partial charge in [0.1, 0.15) is 18.5 Å². The maximum absolute atomic E-state index is 10.5. The van der Waals surface area contributed by atoms with Gasteiger partial charge in [0.2, 0.25) is 0 Å². The number of hydrogen-bond acceptors (Lipinski definition) is 4. The SMILES string of the molecule is COc1ccc(C(O)C2COc3ccccc3O2)cc1Br. The lowest BCUT2D eigenvalue weighted by molar-refractivity contribution is -0.0113. The molecule has 5 heteroatoms. The minimum atomic E-state index is -0.777. The van der Waals surface area contributed by atoms with Crippen LogP contribution in [0, 0.1) is 0 Å². The van der Waals surface area contributed by atoms with E-state index in [0.29, 0.717) is 18.1 Å². The van der Waals surface area contributed by atoms with Crippen molar-refractivity contribution >= 4 is 15.9 Å². The number of ether oxygens (including phenoxy) is 3. The maximum atomic E-state index is 10.5. The third-order valence-electron chi connectivity index (χ3n) is 3.40. The average molecular weight is 351 g/mol. The van der Waals surface area contributed by atoms with Crippen LogP contribution in [0.5, 0.6) is 17.2 Å². The van der Waals surface area contributed by atoms with Crippen LogP contribution >= 0.6 is 15.9 Å². The lowest BCUT2D eigenvalue weighted by atomic mass is 10.0. The van der Waals surface area contributed by atoms with Crippen molar-refractivity contribution in [1.82, 2.24) is 0 Å². The lowest BCUT2D eigenvalue weighted by Crippen LogP contribution is -2.34. The van der Waals surface area contributed by atoms with Crippen molar-refractivity contribution in [3.05, 3.63) is 52.5 Å². The van der Waals surface area contributed by atoms with Crippen molar-refractivity contribution in [2.45, 2.75) is 12.2 Å². The van der Waals surface area contributed by atoms with Gasteiger partial charge in [-0.1, -0.05) is 18.2 Å². The third-order valence-corrected chi connectivity index (χ3v) is 4.02. The van der Waals surface area contributed by atoms with Crippen molar-refractivity contribution in [2.75, 3.05) is 13.7 Å². The van der Waals surface area contributed by atoms with Crippen molar-refractivity contribution < 1.29 is 19.3 Å². The molecule has 1 aliphatic heterocycles. The molecule has 2 atom stereocenters. The molecule has 0 saturated carbocycles. The maximum Gasteiger partial charge on any atom is 0.163 e. The number of fused-ring (bicyclic) bond motifs is 1. The van der Waals surface area contributed by atoms with E-state index in [9.17, 15) is 5.11 Å². The highest BCUT2D eigenvalue weighted by atomic mass is 79.9. The highest BCUT2D eigenvalue weighted by Gasteiger charge is 2.28. The Balaban J connectivity index is 1.80. The molecule has 2 unspecified atom stereocenters. The predicted molar refractivity (Wildman–Crippen MR) is 82.0 cm³/mol. The molecule has 0 saturated heterocycles. The van der Waals surface area contributed by atoms with Crippen LogP contribution in [0.3, 0.4) is 0 Å². The van der Waals surface area contributed by atoms with Gasteiger partial charge in [-0.15, -0.1) is 0 Å². The second kappa shape index (κ2) is 5.95. The summed E-state index contributed by atoms with van der Waals surface area (Å²) in [5.41, 5.74) is 0.746. The smallest absolute Gasteiger partial charge is 0.163 e. The van der Waals surface area contributed by atoms with E-state index in [1.54, 1.807) is 13.2 Å². The number of hydrogen-bond donors (Lipinski definition) is 1. The van der Waals surface area contributed by atoms with Crippen LogP contribution in [-0.4, -0.2) is 24.9 Å². The summed E-state index contributed by atoms with van der Waals surface area (Å²) < 4.78 is 17.4. The van der Waals surface area contributed by atoms with Gasteiger partial charge in [0.15, 0.2) is 17.6 Å². The van der Waals surface area contributed by atoms with E-state index in [0.717, 1.165) is 15.8 Å². The van der Waals surface area contributed by atoms with Gasteiger partial charge in [-0.2, -0.15) is 0 Å². The highest BCUT2D eigenvalue weighted by Crippen LogP contribution is 2.35. The Bertz CT molecular complexity index is 644. The van der Waals surface area contributed by atoms with Gasteiger partial charge in [-0.25, -0.2) is 0 Å². The predicted octanol–water partition coefficient (Wildman–Crippen LogP) is 3.33. The van der Waals surface area contributed by atoms with E-state index in [4.69, 9.17) is 14.2 Å². The Morgan fingerprint density at radius 2 is 2.00 bits per heavy atom. The Labute approximate surface area is 131 Å². The number of benzene rings is 2. The quantitative estimate of drug-likeness (QED) is 0.922. The first-order valence-corrected chi connectivity index (χ1v) is 7.38. The Hall–Kier alpha value is -1.72. The van der Waals surface area contributed by atoms with E-state index in [2.05, 4.69) is 15.9 Å². The summed E-state index contributed by atoms with van der Waals surface area (Å²) in [7, 11) is 1.60. The van der Waals surface area contributed by atoms with Crippen LogP contribution in [0.2, 0.25) is 0 Å². The van der Waals surface area contributed by atoms with Crippen LogP contribution in [0.4, 0.5) is 0 Å². The molecular formula is C16H15BrO4. The fourth-order valence-electron chi connectivity index (χ4n) is 2.27. The van der Waals surface area contributed by atoms with Gasteiger partial charge >= 0.3 is 0 Å². The van der Waals surface area contributed by atoms with Gasteiger partial charge in [0.25, 0.3) is 0 Å². The first-order valence-electron chi connectivity index (χ1n) is 6.59. The fraction of sp³-hybridized carbons (Fsp3) is 0.250. The molecule has 110 valence electrons. The van der Waals surface area contributed by atoms with Gasteiger partial charge in [-0.3, -0.25) is 0 Å². The number of aliphatic hydroxyl groups is 1. The van der Waals surface area contributed by atoms with E-state index < -0.39 is 12.2 Å². The zero-order valence-corrected chi connectivity index (χ0v) is 13.0. The van der Waals surface area contributed by atoms with Crippen LogP contribution in [0.15, 0.2) is 46.9 Å². The molecule has 0 aliphatic carbocycles. The summed E-state index contributed by atoms with van der Waals surface area (Å²) in [5.74, 6) is 2.08. The Morgan fingerprint density at radius 1 is 1.24 bits per heavy atom. The lowest BCUT2D eigenvalue weighted by Gasteiger charge is -2.30. The van der Waals surface area contributed by atoms with E-state index in [1.807, 2.05) is 36.4 Å². The topological polar surface area (TPSA) is 47.9 Å². The van der Waals surface area contributed by atoms with Gasteiger partial charge in [0, 0.05) is 0 Å². The molecule has 2 aromatic rings. The fourth-order valence-corrected chi connectivity index (χ4v) is 2.83. The zero-order chi connectivity index (χ0) is 14.8. The average Bonchev–Trinajstić information content (AvgIpc) is 2.53. The largest absolute Gasteiger partial charge is 0.496 e. The molecule has 4 nitrogen and oxygen atoms in total. The summed E-state index contributed by atoms with van der Waals surface area (Å²) in [6, 6.07) is 12.9. The normalized spacial score (nSPS) is 18.1. The van der Waals surface area contributed by atoms with Gasteiger partial charge < -0.3 is 19.3 Å². The zero-order valence-electron chi connectivity index (χ0n) is 11.5. The Kier molecular flexibility index (Phi) is 4.03. The second-order valence-electron chi connectivity index (χ2n) is 4.75. The summed E-state index contributed by atoms with van der Waals surface area (Å²) in [4.78, 5) is 0. The first-order chi connectivity index (χ1) is 10.2.